The second-order valence-electron chi connectivity index (χ2n) is 3.91. The van der Waals surface area contributed by atoms with Crippen molar-refractivity contribution in [2.75, 3.05) is 27.4 Å². The third-order valence-electron chi connectivity index (χ3n) is 2.47. The third kappa shape index (κ3) is 3.59. The maximum atomic E-state index is 12.3. The van der Waals surface area contributed by atoms with E-state index in [4.69, 9.17) is 20.6 Å². The molecule has 5 nitrogen and oxygen atoms in total. The predicted octanol–water partition coefficient (Wildman–Crippen LogP) is 1.32. The van der Waals surface area contributed by atoms with Crippen LogP contribution in [0.4, 0.5) is 0 Å². The van der Waals surface area contributed by atoms with Gasteiger partial charge in [-0.2, -0.15) is 0 Å². The van der Waals surface area contributed by atoms with Crippen molar-refractivity contribution in [3.05, 3.63) is 35.5 Å². The predicted molar refractivity (Wildman–Crippen MR) is 82.2 cm³/mol. The quantitative estimate of drug-likeness (QED) is 0.846. The van der Waals surface area contributed by atoms with E-state index in [2.05, 4.69) is 0 Å². The summed E-state index contributed by atoms with van der Waals surface area (Å²) >= 11 is 0. The lowest BCUT2D eigenvalue weighted by Crippen LogP contribution is -2.20. The van der Waals surface area contributed by atoms with Crippen molar-refractivity contribution >= 4 is 20.9 Å². The molecule has 0 bridgehead atoms. The Morgan fingerprint density at radius 1 is 1.55 bits per heavy atom. The van der Waals surface area contributed by atoms with Crippen molar-refractivity contribution in [2.45, 2.75) is 12.1 Å². The van der Waals surface area contributed by atoms with Crippen LogP contribution in [0.25, 0.3) is 10.9 Å². The molecule has 0 fully saturated rings. The smallest absolute Gasteiger partial charge is 0.215 e. The maximum Gasteiger partial charge on any atom is 0.215 e. The molecule has 0 saturated carbocycles. The van der Waals surface area contributed by atoms with Gasteiger partial charge in [0, 0.05) is 41.4 Å². The molecule has 0 atom stereocenters. The van der Waals surface area contributed by atoms with E-state index in [1.165, 1.54) is 6.07 Å². The van der Waals surface area contributed by atoms with Gasteiger partial charge in [0.05, 0.1) is 5.75 Å². The summed E-state index contributed by atoms with van der Waals surface area (Å²) in [5, 5.41) is -0.247. The van der Waals surface area contributed by atoms with Gasteiger partial charge in [-0.15, -0.1) is 0 Å². The minimum absolute atomic E-state index is 0.0614. The topological polar surface area (TPSA) is 65.2 Å². The molecule has 0 aliphatic carbocycles. The second kappa shape index (κ2) is 5.95. The van der Waals surface area contributed by atoms with Crippen LogP contribution in [0, 0.1) is 0 Å². The monoisotopic (exact) mass is 310 g/mol. The van der Waals surface area contributed by atoms with Gasteiger partial charge in [-0.05, 0) is 50.6 Å². The van der Waals surface area contributed by atoms with Crippen LogP contribution in [0.2, 0.25) is 2.82 Å². The molecule has 110 valence electrons. The third-order valence-corrected chi connectivity index (χ3v) is 3.45. The van der Waals surface area contributed by atoms with E-state index in [0.29, 0.717) is 4.98 Å². The first-order valence-electron chi connectivity index (χ1n) is 12.7. The molecule has 0 aliphatic rings. The molecular formula is C14H21N3O2S. The Kier molecular flexibility index (Phi) is 1.44. The van der Waals surface area contributed by atoms with Crippen LogP contribution in [-0.4, -0.2) is 45.7 Å². The number of fused-ring (bicyclic) bond motifs is 1. The highest BCUT2D eigenvalue weighted by molar-refractivity contribution is 7.88. The molecule has 0 unspecified atom stereocenters. The van der Waals surface area contributed by atoms with Crippen LogP contribution in [0.1, 0.15) is 28.9 Å². The summed E-state index contributed by atoms with van der Waals surface area (Å²) in [6.07, 6.45) is -2.57. The summed E-state index contributed by atoms with van der Waals surface area (Å²) in [6, 6.07) is 3.35. The number of aromatic nitrogens is 1. The molecule has 0 amide bonds. The SMILES string of the molecule is [2H]N(C([2H])([2H])[2H])S(=O)(=O)Cc1ccc2c(c1)c(C([2H])([2H])C([2H])([2H])N(C([2H])([2H])[2H])C([2H])([2H])[2H])cn2[2H]. The van der Waals surface area contributed by atoms with Gasteiger partial charge in [-0.3, -0.25) is 0 Å². The molecule has 0 saturated heterocycles. The average Bonchev–Trinajstić information content (AvgIpc) is 2.93. The molecule has 1 heterocycles. The molecule has 1 aromatic heterocycles. The summed E-state index contributed by atoms with van der Waals surface area (Å²) in [4.78, 5) is 0.0355. The molecule has 0 aliphatic heterocycles. The molecule has 0 spiro atoms. The number of benzene rings is 1. The number of aromatic amines is 1. The zero-order valence-corrected chi connectivity index (χ0v) is 10.9. The summed E-state index contributed by atoms with van der Waals surface area (Å²) < 4.78 is 138. The van der Waals surface area contributed by atoms with Gasteiger partial charge in [0.2, 0.25) is 10.0 Å². The van der Waals surface area contributed by atoms with Gasteiger partial charge in [0.15, 0.2) is 1.41 Å². The Morgan fingerprint density at radius 2 is 2.40 bits per heavy atom. The minimum atomic E-state index is -4.70. The van der Waals surface area contributed by atoms with Crippen LogP contribution >= 0.6 is 0 Å². The Hall–Kier alpha value is -1.37. The molecule has 20 heavy (non-hydrogen) atoms. The largest absolute Gasteiger partial charge is 0.361 e. The van der Waals surface area contributed by atoms with Crippen LogP contribution in [0.5, 0.6) is 0 Å². The van der Waals surface area contributed by atoms with E-state index in [-0.39, 0.29) is 16.5 Å². The number of nitrogens with one attached hydrogen (secondary N) is 2. The van der Waals surface area contributed by atoms with Crippen molar-refractivity contribution in [3.63, 3.8) is 0 Å². The number of aryl methyl sites for hydroxylation is 1. The highest BCUT2D eigenvalue weighted by atomic mass is 32.2. The summed E-state index contributed by atoms with van der Waals surface area (Å²) in [7, 11) is -4.70. The van der Waals surface area contributed by atoms with Crippen molar-refractivity contribution in [2.24, 2.45) is 0 Å². The highest BCUT2D eigenvalue weighted by Crippen LogP contribution is 2.21. The lowest BCUT2D eigenvalue weighted by Gasteiger charge is -2.08. The summed E-state index contributed by atoms with van der Waals surface area (Å²) in [5.74, 6) is -1.01. The Labute approximate surface area is 141 Å². The molecule has 1 aromatic carbocycles. The Morgan fingerprint density at radius 3 is 3.15 bits per heavy atom. The molecule has 0 radical (unpaired) electrons. The lowest BCUT2D eigenvalue weighted by molar-refractivity contribution is 0.414. The first kappa shape index (κ1) is 4.83. The number of sulfonamides is 1. The second-order valence-corrected chi connectivity index (χ2v) is 5.55. The van der Waals surface area contributed by atoms with Gasteiger partial charge >= 0.3 is 0 Å². The number of H-pyrrole nitrogens is 1. The van der Waals surface area contributed by atoms with Gasteiger partial charge in [-0.25, -0.2) is 13.1 Å². The minimum Gasteiger partial charge on any atom is -0.361 e. The first-order chi connectivity index (χ1) is 15.3. The van der Waals surface area contributed by atoms with Crippen LogP contribution in [0.15, 0.2) is 24.4 Å². The maximum absolute atomic E-state index is 12.3. The van der Waals surface area contributed by atoms with Gasteiger partial charge in [0.1, 0.15) is 1.41 Å². The molecule has 2 N–H and O–H groups in total. The number of likely N-dealkylation sites (N-methyl/N-ethyl adjacent to an activating group) is 1. The Bertz CT molecular complexity index is 1180. The fourth-order valence-corrected chi connectivity index (χ4v) is 2.33. The van der Waals surface area contributed by atoms with Crippen molar-refractivity contribution in [1.29, 1.82) is 0 Å². The number of rotatable bonds is 6. The molecule has 2 rings (SSSR count). The standard InChI is InChI=1S/C14H21N3O2S/c1-15-20(18,19)10-11-4-5-14-13(8-11)12(9-16-14)6-7-17(2)3/h4-5,8-9,15-16H,6-7,10H2,1-3H3/i1D3,2D3,3D3,6D2,7D2/hD2. The number of hydrogen-bond acceptors (Lipinski definition) is 3. The number of nitrogens with zero attached hydrogens (tertiary/aromatic N) is 1. The van der Waals surface area contributed by atoms with Crippen molar-refractivity contribution in [1.82, 2.24) is 14.6 Å². The Balaban J connectivity index is 2.69. The zero-order chi connectivity index (χ0) is 27.6. The van der Waals surface area contributed by atoms with Gasteiger partial charge in [0.25, 0.3) is 0 Å². The van der Waals surface area contributed by atoms with Crippen LogP contribution in [0.3, 0.4) is 0 Å². The zero-order valence-electron chi connectivity index (χ0n) is 25.1. The van der Waals surface area contributed by atoms with Crippen LogP contribution < -0.4 is 4.72 Å². The van der Waals surface area contributed by atoms with E-state index in [1.54, 1.807) is 0 Å². The molecule has 6 heteroatoms. The fraction of sp³-hybridized carbons (Fsp3) is 0.429. The first-order valence-corrected chi connectivity index (χ1v) is 6.92. The molecule has 2 aromatic rings. The summed E-state index contributed by atoms with van der Waals surface area (Å²) in [5.41, 5.74) is -0.858. The van der Waals surface area contributed by atoms with Crippen molar-refractivity contribution in [3.8, 4) is 0 Å². The van der Waals surface area contributed by atoms with E-state index >= 15 is 0 Å². The van der Waals surface area contributed by atoms with Crippen LogP contribution in [-0.2, 0) is 22.1 Å². The van der Waals surface area contributed by atoms with E-state index in [9.17, 15) is 8.42 Å². The number of hydrogen-bond donors (Lipinski definition) is 2. The lowest BCUT2D eigenvalue weighted by atomic mass is 10.1. The van der Waals surface area contributed by atoms with Gasteiger partial charge in [-0.1, -0.05) is 6.07 Å². The fourth-order valence-electron chi connectivity index (χ4n) is 1.66. The molecular weight excluding hydrogens is 274 g/mol. The highest BCUT2D eigenvalue weighted by Gasteiger charge is 2.11. The normalized spacial score (nSPS) is 27.0. The average molecular weight is 310 g/mol. The summed E-state index contributed by atoms with van der Waals surface area (Å²) in [6.45, 7) is -14.2. The van der Waals surface area contributed by atoms with E-state index in [0.717, 1.165) is 18.3 Å². The van der Waals surface area contributed by atoms with E-state index in [1.807, 2.05) is 0 Å². The van der Waals surface area contributed by atoms with Gasteiger partial charge < -0.3 is 9.88 Å². The van der Waals surface area contributed by atoms with E-state index < -0.39 is 64.8 Å². The van der Waals surface area contributed by atoms with Crippen molar-refractivity contribution < 1.29 is 29.1 Å².